The van der Waals surface area contributed by atoms with Crippen LogP contribution in [0.25, 0.3) is 0 Å². The predicted octanol–water partition coefficient (Wildman–Crippen LogP) is 2.24. The fraction of sp³-hybridized carbons (Fsp3) is 0.400. The highest BCUT2D eigenvalue weighted by atomic mass is 16.5. The van der Waals surface area contributed by atoms with Gasteiger partial charge < -0.3 is 10.1 Å². The number of nitrogens with one attached hydrogen (secondary N) is 1. The molecule has 0 amide bonds. The topological polar surface area (TPSA) is 39.1 Å². The Labute approximate surface area is 114 Å². The second kappa shape index (κ2) is 6.95. The van der Waals surface area contributed by atoms with E-state index in [-0.39, 0.29) is 0 Å². The Hall–Kier alpha value is -1.81. The minimum Gasteiger partial charge on any atom is -0.497 e. The van der Waals surface area contributed by atoms with Crippen molar-refractivity contribution >= 4 is 0 Å². The summed E-state index contributed by atoms with van der Waals surface area (Å²) in [7, 11) is 1.69. The molecule has 0 fully saturated rings. The first-order chi connectivity index (χ1) is 9.31. The maximum Gasteiger partial charge on any atom is 0.118 e. The summed E-state index contributed by atoms with van der Waals surface area (Å²) in [4.78, 5) is 0. The number of rotatable bonds is 7. The van der Waals surface area contributed by atoms with Gasteiger partial charge in [-0.1, -0.05) is 12.1 Å². The van der Waals surface area contributed by atoms with Crippen LogP contribution in [0.1, 0.15) is 18.2 Å². The van der Waals surface area contributed by atoms with Crippen LogP contribution in [-0.4, -0.2) is 23.4 Å². The average Bonchev–Trinajstić information content (AvgIpc) is 2.92. The maximum absolute atomic E-state index is 5.14. The molecular formula is C15H21N3O. The highest BCUT2D eigenvalue weighted by molar-refractivity contribution is 5.27. The van der Waals surface area contributed by atoms with Crippen molar-refractivity contribution in [2.24, 2.45) is 0 Å². The minimum absolute atomic E-state index is 0.823. The molecule has 4 nitrogen and oxygen atoms in total. The third-order valence-electron chi connectivity index (χ3n) is 3.08. The van der Waals surface area contributed by atoms with Crippen molar-refractivity contribution in [1.82, 2.24) is 15.1 Å². The molecule has 0 radical (unpaired) electrons. The molecule has 0 spiro atoms. The molecular weight excluding hydrogens is 238 g/mol. The van der Waals surface area contributed by atoms with E-state index >= 15 is 0 Å². The van der Waals surface area contributed by atoms with Crippen LogP contribution in [-0.2, 0) is 19.5 Å². The summed E-state index contributed by atoms with van der Waals surface area (Å²) in [6.07, 6.45) is 3.03. The molecule has 0 unspecified atom stereocenters. The summed E-state index contributed by atoms with van der Waals surface area (Å²) >= 11 is 0. The van der Waals surface area contributed by atoms with Crippen LogP contribution in [0.15, 0.2) is 36.5 Å². The number of methoxy groups -OCH3 is 1. The molecule has 1 heterocycles. The molecule has 0 atom stereocenters. The largest absolute Gasteiger partial charge is 0.497 e. The van der Waals surface area contributed by atoms with Gasteiger partial charge in [-0.05, 0) is 43.7 Å². The predicted molar refractivity (Wildman–Crippen MR) is 76.3 cm³/mol. The van der Waals surface area contributed by atoms with E-state index in [1.165, 1.54) is 5.56 Å². The van der Waals surface area contributed by atoms with E-state index < -0.39 is 0 Å². The fourth-order valence-corrected chi connectivity index (χ4v) is 1.92. The standard InChI is InChI=1S/C15H21N3O/c1-3-18-11-9-14(17-18)12-16-10-8-13-4-6-15(19-2)7-5-13/h4-7,9,11,16H,3,8,10,12H2,1-2H3. The SMILES string of the molecule is CCn1ccc(CNCCc2ccc(OC)cc2)n1. The fourth-order valence-electron chi connectivity index (χ4n) is 1.92. The van der Waals surface area contributed by atoms with Crippen molar-refractivity contribution in [2.75, 3.05) is 13.7 Å². The third kappa shape index (κ3) is 4.10. The lowest BCUT2D eigenvalue weighted by Crippen LogP contribution is -2.17. The van der Waals surface area contributed by atoms with Gasteiger partial charge in [0.1, 0.15) is 5.75 Å². The first-order valence-electron chi connectivity index (χ1n) is 6.68. The molecule has 1 aromatic heterocycles. The van der Waals surface area contributed by atoms with Crippen LogP contribution in [0, 0.1) is 0 Å². The van der Waals surface area contributed by atoms with Crippen molar-refractivity contribution in [3.8, 4) is 5.75 Å². The Morgan fingerprint density at radius 1 is 1.21 bits per heavy atom. The number of nitrogens with zero attached hydrogens (tertiary/aromatic N) is 2. The minimum atomic E-state index is 0.823. The molecule has 1 N–H and O–H groups in total. The van der Waals surface area contributed by atoms with E-state index in [0.717, 1.165) is 37.5 Å². The lowest BCUT2D eigenvalue weighted by atomic mass is 10.1. The number of ether oxygens (including phenoxy) is 1. The van der Waals surface area contributed by atoms with Crippen molar-refractivity contribution in [2.45, 2.75) is 26.4 Å². The lowest BCUT2D eigenvalue weighted by Gasteiger charge is -2.04. The number of hydrogen-bond donors (Lipinski definition) is 1. The van der Waals surface area contributed by atoms with Gasteiger partial charge in [-0.15, -0.1) is 0 Å². The first kappa shape index (κ1) is 13.6. The molecule has 0 bridgehead atoms. The van der Waals surface area contributed by atoms with E-state index in [2.05, 4.69) is 35.5 Å². The van der Waals surface area contributed by atoms with Gasteiger partial charge in [-0.3, -0.25) is 4.68 Å². The molecule has 2 aromatic rings. The lowest BCUT2D eigenvalue weighted by molar-refractivity contribution is 0.414. The second-order valence-electron chi connectivity index (χ2n) is 4.44. The zero-order valence-corrected chi connectivity index (χ0v) is 11.6. The molecule has 0 aliphatic carbocycles. The molecule has 1 aromatic carbocycles. The summed E-state index contributed by atoms with van der Waals surface area (Å²) in [6, 6.07) is 10.3. The first-order valence-corrected chi connectivity index (χ1v) is 6.68. The normalized spacial score (nSPS) is 10.6. The summed E-state index contributed by atoms with van der Waals surface area (Å²) in [5, 5.41) is 7.84. The Bertz CT molecular complexity index is 490. The number of hydrogen-bond acceptors (Lipinski definition) is 3. The van der Waals surface area contributed by atoms with Crippen LogP contribution >= 0.6 is 0 Å². The average molecular weight is 259 g/mol. The van der Waals surface area contributed by atoms with E-state index in [0.29, 0.717) is 0 Å². The van der Waals surface area contributed by atoms with Crippen LogP contribution in [0.5, 0.6) is 5.75 Å². The number of benzene rings is 1. The Kier molecular flexibility index (Phi) is 4.98. The van der Waals surface area contributed by atoms with Crippen molar-refractivity contribution in [1.29, 1.82) is 0 Å². The molecule has 0 saturated heterocycles. The summed E-state index contributed by atoms with van der Waals surface area (Å²) in [5.41, 5.74) is 2.41. The molecule has 4 heteroatoms. The van der Waals surface area contributed by atoms with E-state index in [1.54, 1.807) is 7.11 Å². The summed E-state index contributed by atoms with van der Waals surface area (Å²) in [6.45, 7) is 4.79. The second-order valence-corrected chi connectivity index (χ2v) is 4.44. The van der Waals surface area contributed by atoms with Crippen molar-refractivity contribution in [3.63, 3.8) is 0 Å². The van der Waals surface area contributed by atoms with Gasteiger partial charge in [-0.25, -0.2) is 0 Å². The molecule has 102 valence electrons. The molecule has 0 aliphatic rings. The Balaban J connectivity index is 1.71. The maximum atomic E-state index is 5.14. The zero-order valence-electron chi connectivity index (χ0n) is 11.6. The number of aryl methyl sites for hydroxylation is 1. The molecule has 0 aliphatic heterocycles. The quantitative estimate of drug-likeness (QED) is 0.775. The Morgan fingerprint density at radius 2 is 2.00 bits per heavy atom. The van der Waals surface area contributed by atoms with E-state index in [9.17, 15) is 0 Å². The molecule has 19 heavy (non-hydrogen) atoms. The highest BCUT2D eigenvalue weighted by Crippen LogP contribution is 2.11. The van der Waals surface area contributed by atoms with E-state index in [4.69, 9.17) is 4.74 Å². The van der Waals surface area contributed by atoms with Crippen LogP contribution in [0.2, 0.25) is 0 Å². The van der Waals surface area contributed by atoms with Gasteiger partial charge in [0.05, 0.1) is 12.8 Å². The van der Waals surface area contributed by atoms with Gasteiger partial charge in [-0.2, -0.15) is 5.10 Å². The highest BCUT2D eigenvalue weighted by Gasteiger charge is 1.98. The van der Waals surface area contributed by atoms with Gasteiger partial charge in [0.2, 0.25) is 0 Å². The number of aromatic nitrogens is 2. The Morgan fingerprint density at radius 3 is 2.63 bits per heavy atom. The van der Waals surface area contributed by atoms with Gasteiger partial charge in [0.25, 0.3) is 0 Å². The van der Waals surface area contributed by atoms with Gasteiger partial charge >= 0.3 is 0 Å². The molecule has 0 saturated carbocycles. The van der Waals surface area contributed by atoms with E-state index in [1.807, 2.05) is 23.0 Å². The van der Waals surface area contributed by atoms with Crippen LogP contribution < -0.4 is 10.1 Å². The summed E-state index contributed by atoms with van der Waals surface area (Å²) in [5.74, 6) is 0.904. The third-order valence-corrected chi connectivity index (χ3v) is 3.08. The zero-order chi connectivity index (χ0) is 13.5. The van der Waals surface area contributed by atoms with Crippen molar-refractivity contribution < 1.29 is 4.74 Å². The van der Waals surface area contributed by atoms with Crippen LogP contribution in [0.3, 0.4) is 0 Å². The van der Waals surface area contributed by atoms with Gasteiger partial charge in [0, 0.05) is 19.3 Å². The summed E-state index contributed by atoms with van der Waals surface area (Å²) < 4.78 is 7.08. The smallest absolute Gasteiger partial charge is 0.118 e. The van der Waals surface area contributed by atoms with Crippen LogP contribution in [0.4, 0.5) is 0 Å². The molecule has 2 rings (SSSR count). The monoisotopic (exact) mass is 259 g/mol. The van der Waals surface area contributed by atoms with Crippen molar-refractivity contribution in [3.05, 3.63) is 47.8 Å². The van der Waals surface area contributed by atoms with Gasteiger partial charge in [0.15, 0.2) is 0 Å².